The van der Waals surface area contributed by atoms with Crippen molar-refractivity contribution in [2.24, 2.45) is 0 Å². The van der Waals surface area contributed by atoms with E-state index in [2.05, 4.69) is 22.2 Å². The average Bonchev–Trinajstić information content (AvgIpc) is 2.49. The SMILES string of the molecule is CSC1(CNC(=O)NCC(=O)NCC(=O)O)CCCCC1. The van der Waals surface area contributed by atoms with Crippen LogP contribution in [-0.2, 0) is 9.59 Å². The first-order chi connectivity index (χ1) is 9.97. The Balaban J connectivity index is 2.24. The van der Waals surface area contributed by atoms with Gasteiger partial charge in [0, 0.05) is 11.3 Å². The molecule has 3 amide bonds. The fourth-order valence-electron chi connectivity index (χ4n) is 2.35. The molecule has 1 fully saturated rings. The third kappa shape index (κ3) is 6.70. The van der Waals surface area contributed by atoms with Crippen molar-refractivity contribution in [3.8, 4) is 0 Å². The van der Waals surface area contributed by atoms with Crippen molar-refractivity contribution < 1.29 is 19.5 Å². The molecule has 120 valence electrons. The summed E-state index contributed by atoms with van der Waals surface area (Å²) in [5.41, 5.74) is 0. The largest absolute Gasteiger partial charge is 0.480 e. The zero-order valence-electron chi connectivity index (χ0n) is 12.2. The number of carboxylic acids is 1. The predicted octanol–water partition coefficient (Wildman–Crippen LogP) is 0.552. The lowest BCUT2D eigenvalue weighted by molar-refractivity contribution is -0.137. The van der Waals surface area contributed by atoms with Crippen molar-refractivity contribution >= 4 is 29.7 Å². The minimum absolute atomic E-state index is 0.0984. The summed E-state index contributed by atoms with van der Waals surface area (Å²) in [7, 11) is 0. The van der Waals surface area contributed by atoms with Gasteiger partial charge in [-0.2, -0.15) is 11.8 Å². The molecule has 1 rings (SSSR count). The van der Waals surface area contributed by atoms with Crippen molar-refractivity contribution in [3.63, 3.8) is 0 Å². The zero-order chi connectivity index (χ0) is 15.7. The number of aliphatic carboxylic acids is 1. The Hall–Kier alpha value is -1.44. The van der Waals surface area contributed by atoms with Crippen LogP contribution in [0.4, 0.5) is 4.79 Å². The number of urea groups is 1. The van der Waals surface area contributed by atoms with Gasteiger partial charge in [0.1, 0.15) is 6.54 Å². The smallest absolute Gasteiger partial charge is 0.322 e. The number of nitrogens with one attached hydrogen (secondary N) is 3. The Labute approximate surface area is 128 Å². The van der Waals surface area contributed by atoms with Crippen LogP contribution in [0.2, 0.25) is 0 Å². The molecule has 0 atom stereocenters. The van der Waals surface area contributed by atoms with Crippen LogP contribution in [0.15, 0.2) is 0 Å². The number of amides is 3. The Morgan fingerprint density at radius 3 is 2.29 bits per heavy atom. The molecule has 0 unspecified atom stereocenters. The summed E-state index contributed by atoms with van der Waals surface area (Å²) >= 11 is 1.78. The molecule has 0 bridgehead atoms. The molecule has 0 spiro atoms. The summed E-state index contributed by atoms with van der Waals surface area (Å²) in [6.45, 7) is -0.0974. The lowest BCUT2D eigenvalue weighted by Crippen LogP contribution is -2.48. The molecular weight excluding hydrogens is 294 g/mol. The summed E-state index contributed by atoms with van der Waals surface area (Å²) < 4.78 is 0.0984. The number of rotatable bonds is 7. The minimum atomic E-state index is -1.12. The molecular formula is C13H23N3O4S. The van der Waals surface area contributed by atoms with E-state index in [1.165, 1.54) is 19.3 Å². The third-order valence-corrected chi connectivity index (χ3v) is 5.03. The maximum atomic E-state index is 11.7. The maximum absolute atomic E-state index is 11.7. The van der Waals surface area contributed by atoms with Crippen molar-refractivity contribution in [2.45, 2.75) is 36.9 Å². The van der Waals surface area contributed by atoms with Crippen LogP contribution in [0.25, 0.3) is 0 Å². The molecule has 0 saturated heterocycles. The Bertz CT molecular complexity index is 384. The zero-order valence-corrected chi connectivity index (χ0v) is 13.1. The van der Waals surface area contributed by atoms with Gasteiger partial charge in [-0.15, -0.1) is 0 Å². The Kier molecular flexibility index (Phi) is 7.35. The van der Waals surface area contributed by atoms with Crippen LogP contribution in [0.1, 0.15) is 32.1 Å². The summed E-state index contributed by atoms with van der Waals surface area (Å²) in [6, 6.07) is -0.403. The number of carboxylic acid groups (broad SMARTS) is 1. The quantitative estimate of drug-likeness (QED) is 0.548. The fourth-order valence-corrected chi connectivity index (χ4v) is 3.26. The molecule has 8 heteroatoms. The van der Waals surface area contributed by atoms with Gasteiger partial charge in [-0.3, -0.25) is 9.59 Å². The first-order valence-electron chi connectivity index (χ1n) is 7.03. The maximum Gasteiger partial charge on any atom is 0.322 e. The lowest BCUT2D eigenvalue weighted by Gasteiger charge is -2.35. The third-order valence-electron chi connectivity index (χ3n) is 3.62. The first-order valence-corrected chi connectivity index (χ1v) is 8.25. The highest BCUT2D eigenvalue weighted by molar-refractivity contribution is 8.00. The van der Waals surface area contributed by atoms with Crippen LogP contribution in [0.3, 0.4) is 0 Å². The van der Waals surface area contributed by atoms with Crippen molar-refractivity contribution in [3.05, 3.63) is 0 Å². The number of thioether (sulfide) groups is 1. The van der Waals surface area contributed by atoms with Gasteiger partial charge in [0.2, 0.25) is 5.91 Å². The van der Waals surface area contributed by atoms with Gasteiger partial charge >= 0.3 is 12.0 Å². The van der Waals surface area contributed by atoms with E-state index in [4.69, 9.17) is 5.11 Å². The highest BCUT2D eigenvalue weighted by Gasteiger charge is 2.31. The van der Waals surface area contributed by atoms with E-state index in [9.17, 15) is 14.4 Å². The molecule has 0 aromatic rings. The van der Waals surface area contributed by atoms with Crippen molar-refractivity contribution in [2.75, 3.05) is 25.9 Å². The molecule has 0 radical (unpaired) electrons. The number of hydrogen-bond donors (Lipinski definition) is 4. The molecule has 1 aliphatic carbocycles. The monoisotopic (exact) mass is 317 g/mol. The summed E-state index contributed by atoms with van der Waals surface area (Å²) in [5.74, 6) is -1.64. The highest BCUT2D eigenvalue weighted by atomic mass is 32.2. The second-order valence-corrected chi connectivity index (χ2v) is 6.43. The van der Waals surface area contributed by atoms with E-state index in [1.54, 1.807) is 11.8 Å². The minimum Gasteiger partial charge on any atom is -0.480 e. The van der Waals surface area contributed by atoms with E-state index >= 15 is 0 Å². The second-order valence-electron chi connectivity index (χ2n) is 5.15. The van der Waals surface area contributed by atoms with Crippen LogP contribution < -0.4 is 16.0 Å². The lowest BCUT2D eigenvalue weighted by atomic mass is 9.88. The van der Waals surface area contributed by atoms with Crippen LogP contribution in [0, 0.1) is 0 Å². The average molecular weight is 317 g/mol. The molecule has 1 saturated carbocycles. The van der Waals surface area contributed by atoms with Crippen LogP contribution in [-0.4, -0.2) is 53.7 Å². The summed E-state index contributed by atoms with van der Waals surface area (Å²) in [6.07, 6.45) is 7.85. The Morgan fingerprint density at radius 1 is 1.05 bits per heavy atom. The molecule has 7 nitrogen and oxygen atoms in total. The predicted molar refractivity (Wildman–Crippen MR) is 81.4 cm³/mol. The van der Waals surface area contributed by atoms with Gasteiger partial charge in [0.05, 0.1) is 6.54 Å². The molecule has 0 aromatic heterocycles. The van der Waals surface area contributed by atoms with Gasteiger partial charge in [0.25, 0.3) is 0 Å². The van der Waals surface area contributed by atoms with E-state index in [1.807, 2.05) is 0 Å². The molecule has 1 aliphatic rings. The summed E-state index contributed by atoms with van der Waals surface area (Å²) in [5, 5.41) is 15.8. The normalized spacial score (nSPS) is 16.8. The summed E-state index contributed by atoms with van der Waals surface area (Å²) in [4.78, 5) is 33.2. The van der Waals surface area contributed by atoms with Crippen molar-refractivity contribution in [1.82, 2.24) is 16.0 Å². The molecule has 0 aliphatic heterocycles. The topological polar surface area (TPSA) is 108 Å². The van der Waals surface area contributed by atoms with Gasteiger partial charge in [0.15, 0.2) is 0 Å². The van der Waals surface area contributed by atoms with Crippen LogP contribution in [0.5, 0.6) is 0 Å². The standard InChI is InChI=1S/C13H23N3O4S/c1-21-13(5-3-2-4-6-13)9-16-12(20)15-7-10(17)14-8-11(18)19/h2-9H2,1H3,(H,14,17)(H,18,19)(H2,15,16,20). The molecule has 0 aromatic carbocycles. The van der Waals surface area contributed by atoms with E-state index < -0.39 is 24.5 Å². The molecule has 21 heavy (non-hydrogen) atoms. The number of carbonyl (C=O) groups excluding carboxylic acids is 2. The molecule has 4 N–H and O–H groups in total. The first kappa shape index (κ1) is 17.6. The van der Waals surface area contributed by atoms with Gasteiger partial charge in [-0.1, -0.05) is 19.3 Å². The van der Waals surface area contributed by atoms with Crippen molar-refractivity contribution in [1.29, 1.82) is 0 Å². The Morgan fingerprint density at radius 2 is 1.71 bits per heavy atom. The number of carbonyl (C=O) groups is 3. The number of hydrogen-bond acceptors (Lipinski definition) is 4. The highest BCUT2D eigenvalue weighted by Crippen LogP contribution is 2.37. The fraction of sp³-hybridized carbons (Fsp3) is 0.769. The van der Waals surface area contributed by atoms with Gasteiger partial charge in [-0.25, -0.2) is 4.79 Å². The van der Waals surface area contributed by atoms with E-state index in [0.29, 0.717) is 6.54 Å². The van der Waals surface area contributed by atoms with Crippen LogP contribution >= 0.6 is 11.8 Å². The van der Waals surface area contributed by atoms with Gasteiger partial charge < -0.3 is 21.1 Å². The van der Waals surface area contributed by atoms with E-state index in [-0.39, 0.29) is 11.3 Å². The molecule has 0 heterocycles. The van der Waals surface area contributed by atoms with E-state index in [0.717, 1.165) is 12.8 Å². The second kappa shape index (κ2) is 8.76. The van der Waals surface area contributed by atoms with Gasteiger partial charge in [-0.05, 0) is 19.1 Å².